The molecule has 2 aliphatic heterocycles. The van der Waals surface area contributed by atoms with Gasteiger partial charge in [0.05, 0.1) is 6.20 Å². The summed E-state index contributed by atoms with van der Waals surface area (Å²) < 4.78 is 6.02. The van der Waals surface area contributed by atoms with Gasteiger partial charge in [0.1, 0.15) is 11.9 Å². The quantitative estimate of drug-likeness (QED) is 0.848. The molecule has 2 saturated heterocycles. The average Bonchev–Trinajstić information content (AvgIpc) is 2.72. The van der Waals surface area contributed by atoms with Crippen LogP contribution < -0.4 is 4.74 Å². The van der Waals surface area contributed by atoms with Crippen LogP contribution in [-0.2, 0) is 4.79 Å². The molecule has 0 spiro atoms. The number of fused-ring (bicyclic) bond motifs is 2. The summed E-state index contributed by atoms with van der Waals surface area (Å²) in [6.07, 6.45) is 9.54. The number of pyridine rings is 1. The Balaban J connectivity index is 1.63. The Morgan fingerprint density at radius 1 is 1.40 bits per heavy atom. The van der Waals surface area contributed by atoms with E-state index in [1.807, 2.05) is 12.1 Å². The molecule has 3 heterocycles. The molecule has 3 rings (SSSR count). The molecule has 0 aromatic carbocycles. The molecule has 1 amide bonds. The molecule has 4 heteroatoms. The van der Waals surface area contributed by atoms with Crippen molar-refractivity contribution in [2.24, 2.45) is 0 Å². The number of carbonyl (C=O) groups excluding carboxylic acids is 1. The van der Waals surface area contributed by atoms with Crippen LogP contribution in [0.5, 0.6) is 5.75 Å². The van der Waals surface area contributed by atoms with Gasteiger partial charge >= 0.3 is 0 Å². The fourth-order valence-corrected chi connectivity index (χ4v) is 3.58. The second kappa shape index (κ2) is 5.81. The van der Waals surface area contributed by atoms with Crippen molar-refractivity contribution < 1.29 is 9.53 Å². The molecule has 2 bridgehead atoms. The lowest BCUT2D eigenvalue weighted by Crippen LogP contribution is -2.49. The second-order valence-corrected chi connectivity index (χ2v) is 5.84. The molecule has 2 aliphatic rings. The van der Waals surface area contributed by atoms with E-state index < -0.39 is 0 Å². The zero-order valence-corrected chi connectivity index (χ0v) is 12.0. The van der Waals surface area contributed by atoms with E-state index in [9.17, 15) is 4.79 Å². The predicted molar refractivity (Wildman–Crippen MR) is 76.5 cm³/mol. The molecule has 108 valence electrons. The summed E-state index contributed by atoms with van der Waals surface area (Å²) in [4.78, 5) is 18.4. The minimum atomic E-state index is 0.224. The zero-order valence-electron chi connectivity index (χ0n) is 12.0. The van der Waals surface area contributed by atoms with E-state index in [1.54, 1.807) is 12.4 Å². The van der Waals surface area contributed by atoms with E-state index in [-0.39, 0.29) is 6.10 Å². The molecule has 2 fully saturated rings. The number of aromatic nitrogens is 1. The summed E-state index contributed by atoms with van der Waals surface area (Å²) in [5.74, 6) is 1.17. The summed E-state index contributed by atoms with van der Waals surface area (Å²) in [6, 6.07) is 4.61. The molecule has 0 saturated carbocycles. The number of hydrogen-bond acceptors (Lipinski definition) is 3. The van der Waals surface area contributed by atoms with Gasteiger partial charge in [-0.3, -0.25) is 9.78 Å². The third-order valence-electron chi connectivity index (χ3n) is 4.38. The minimum Gasteiger partial charge on any atom is -0.489 e. The maximum absolute atomic E-state index is 12.2. The molecule has 20 heavy (non-hydrogen) atoms. The van der Waals surface area contributed by atoms with Gasteiger partial charge in [0.25, 0.3) is 0 Å². The van der Waals surface area contributed by atoms with Crippen LogP contribution in [-0.4, -0.2) is 34.0 Å². The van der Waals surface area contributed by atoms with Gasteiger partial charge in [0.2, 0.25) is 5.91 Å². The number of amides is 1. The van der Waals surface area contributed by atoms with Crippen molar-refractivity contribution in [3.05, 3.63) is 24.5 Å². The molecular weight excluding hydrogens is 252 g/mol. The monoisotopic (exact) mass is 274 g/mol. The van der Waals surface area contributed by atoms with Gasteiger partial charge in [-0.2, -0.15) is 0 Å². The second-order valence-electron chi connectivity index (χ2n) is 5.84. The Hall–Kier alpha value is -1.58. The average molecular weight is 274 g/mol. The highest BCUT2D eigenvalue weighted by Gasteiger charge is 2.43. The van der Waals surface area contributed by atoms with Crippen molar-refractivity contribution in [3.63, 3.8) is 0 Å². The number of ether oxygens (including phenoxy) is 1. The lowest BCUT2D eigenvalue weighted by Gasteiger charge is -2.39. The van der Waals surface area contributed by atoms with Crippen molar-refractivity contribution in [1.29, 1.82) is 0 Å². The topological polar surface area (TPSA) is 42.4 Å². The van der Waals surface area contributed by atoms with Crippen LogP contribution in [0, 0.1) is 0 Å². The number of nitrogens with zero attached hydrogens (tertiary/aromatic N) is 2. The molecule has 4 nitrogen and oxygen atoms in total. The normalized spacial score (nSPS) is 28.4. The predicted octanol–water partition coefficient (Wildman–Crippen LogP) is 2.78. The van der Waals surface area contributed by atoms with Gasteiger partial charge in [-0.25, -0.2) is 0 Å². The first-order valence-electron chi connectivity index (χ1n) is 7.65. The van der Waals surface area contributed by atoms with Gasteiger partial charge in [-0.05, 0) is 31.4 Å². The van der Waals surface area contributed by atoms with Crippen molar-refractivity contribution in [1.82, 2.24) is 9.88 Å². The van der Waals surface area contributed by atoms with E-state index in [0.29, 0.717) is 24.4 Å². The number of piperidine rings is 1. The number of rotatable bonds is 4. The molecule has 0 aliphatic carbocycles. The Bertz CT molecular complexity index is 449. The van der Waals surface area contributed by atoms with Gasteiger partial charge in [-0.15, -0.1) is 0 Å². The van der Waals surface area contributed by atoms with Crippen LogP contribution >= 0.6 is 0 Å². The van der Waals surface area contributed by atoms with Crippen LogP contribution in [0.3, 0.4) is 0 Å². The smallest absolute Gasteiger partial charge is 0.223 e. The Labute approximate surface area is 120 Å². The minimum absolute atomic E-state index is 0.224. The van der Waals surface area contributed by atoms with Crippen molar-refractivity contribution >= 4 is 5.91 Å². The lowest BCUT2D eigenvalue weighted by atomic mass is 9.99. The fourth-order valence-electron chi connectivity index (χ4n) is 3.58. The van der Waals surface area contributed by atoms with Crippen molar-refractivity contribution in [3.8, 4) is 5.75 Å². The maximum atomic E-state index is 12.2. The molecule has 2 unspecified atom stereocenters. The first-order chi connectivity index (χ1) is 9.78. The zero-order chi connectivity index (χ0) is 13.9. The van der Waals surface area contributed by atoms with Crippen molar-refractivity contribution in [2.45, 2.75) is 63.6 Å². The van der Waals surface area contributed by atoms with Crippen LogP contribution in [0.1, 0.15) is 45.4 Å². The van der Waals surface area contributed by atoms with Crippen LogP contribution in [0.4, 0.5) is 0 Å². The first-order valence-corrected chi connectivity index (χ1v) is 7.65. The standard InChI is InChI=1S/C16H22N2O2/c1-2-4-16(19)18-12-6-7-13(18)10-15(9-12)20-14-5-3-8-17-11-14/h3,5,8,11-13,15H,2,4,6-7,9-10H2,1H3. The molecule has 0 N–H and O–H groups in total. The van der Waals surface area contributed by atoms with E-state index >= 15 is 0 Å². The third-order valence-corrected chi connectivity index (χ3v) is 4.38. The SMILES string of the molecule is CCCC(=O)N1C2CCC1CC(Oc1cccnc1)C2. The van der Waals surface area contributed by atoms with Gasteiger partial charge in [0.15, 0.2) is 0 Å². The molecular formula is C16H22N2O2. The van der Waals surface area contributed by atoms with E-state index in [1.165, 1.54) is 0 Å². The molecule has 0 radical (unpaired) electrons. The van der Waals surface area contributed by atoms with Crippen LogP contribution in [0.15, 0.2) is 24.5 Å². The fraction of sp³-hybridized carbons (Fsp3) is 0.625. The largest absolute Gasteiger partial charge is 0.489 e. The summed E-state index contributed by atoms with van der Waals surface area (Å²) in [5, 5.41) is 0. The van der Waals surface area contributed by atoms with Crippen molar-refractivity contribution in [2.75, 3.05) is 0 Å². The summed E-state index contributed by atoms with van der Waals surface area (Å²) in [7, 11) is 0. The molecule has 1 aromatic rings. The Morgan fingerprint density at radius 2 is 2.15 bits per heavy atom. The van der Waals surface area contributed by atoms with Gasteiger partial charge in [-0.1, -0.05) is 6.92 Å². The highest BCUT2D eigenvalue weighted by molar-refractivity contribution is 5.77. The van der Waals surface area contributed by atoms with E-state index in [2.05, 4.69) is 16.8 Å². The van der Waals surface area contributed by atoms with Gasteiger partial charge in [0, 0.05) is 37.5 Å². The number of hydrogen-bond donors (Lipinski definition) is 0. The van der Waals surface area contributed by atoms with E-state index in [4.69, 9.17) is 4.74 Å². The highest BCUT2D eigenvalue weighted by atomic mass is 16.5. The molecule has 1 aromatic heterocycles. The Morgan fingerprint density at radius 3 is 2.75 bits per heavy atom. The summed E-state index contributed by atoms with van der Waals surface area (Å²) in [6.45, 7) is 2.07. The third kappa shape index (κ3) is 2.65. The summed E-state index contributed by atoms with van der Waals surface area (Å²) in [5.41, 5.74) is 0. The molecule has 2 atom stereocenters. The van der Waals surface area contributed by atoms with Crippen LogP contribution in [0.2, 0.25) is 0 Å². The Kier molecular flexibility index (Phi) is 3.90. The first kappa shape index (κ1) is 13.4. The van der Waals surface area contributed by atoms with E-state index in [0.717, 1.165) is 37.9 Å². The maximum Gasteiger partial charge on any atom is 0.223 e. The van der Waals surface area contributed by atoms with Crippen LogP contribution in [0.25, 0.3) is 0 Å². The lowest BCUT2D eigenvalue weighted by molar-refractivity contribution is -0.137. The number of carbonyl (C=O) groups is 1. The summed E-state index contributed by atoms with van der Waals surface area (Å²) >= 11 is 0. The van der Waals surface area contributed by atoms with Gasteiger partial charge < -0.3 is 9.64 Å². The highest BCUT2D eigenvalue weighted by Crippen LogP contribution is 2.37.